The number of hydrogen-bond acceptors (Lipinski definition) is 4. The first-order chi connectivity index (χ1) is 15.2. The standard InChI is InChI=1S/4C7H8O/c4*1-6-4-2-3-5-7(6)8/h4*2-5,8H,1H3. The van der Waals surface area contributed by atoms with E-state index < -0.39 is 0 Å². The number of phenols is 4. The van der Waals surface area contributed by atoms with Gasteiger partial charge in [-0.1, -0.05) is 72.8 Å². The number of hydrogen-bond donors (Lipinski definition) is 4. The van der Waals surface area contributed by atoms with Crippen LogP contribution in [0.3, 0.4) is 0 Å². The van der Waals surface area contributed by atoms with Crippen molar-refractivity contribution in [2.24, 2.45) is 0 Å². The van der Waals surface area contributed by atoms with Crippen LogP contribution in [-0.2, 0) is 0 Å². The molecule has 0 heterocycles. The normalized spacial score (nSPS) is 9.12. The number of aryl methyl sites for hydroxylation is 4. The molecule has 0 radical (unpaired) electrons. The summed E-state index contributed by atoms with van der Waals surface area (Å²) in [5, 5.41) is 35.7. The molecule has 0 unspecified atom stereocenters. The molecule has 0 spiro atoms. The molecule has 4 heteroatoms. The van der Waals surface area contributed by atoms with Crippen molar-refractivity contribution in [2.45, 2.75) is 27.7 Å². The van der Waals surface area contributed by atoms with Gasteiger partial charge in [0.25, 0.3) is 0 Å². The zero-order valence-corrected chi connectivity index (χ0v) is 19.0. The summed E-state index contributed by atoms with van der Waals surface area (Å²) >= 11 is 0. The molecule has 0 aliphatic carbocycles. The molecule has 4 aromatic carbocycles. The van der Waals surface area contributed by atoms with Gasteiger partial charge in [-0.2, -0.15) is 0 Å². The van der Waals surface area contributed by atoms with Gasteiger partial charge in [0, 0.05) is 0 Å². The smallest absolute Gasteiger partial charge is 0.118 e. The number of para-hydroxylation sites is 4. The molecule has 168 valence electrons. The van der Waals surface area contributed by atoms with Gasteiger partial charge in [-0.15, -0.1) is 0 Å². The fourth-order valence-electron chi connectivity index (χ4n) is 2.25. The summed E-state index contributed by atoms with van der Waals surface area (Å²) in [7, 11) is 0. The second kappa shape index (κ2) is 14.1. The summed E-state index contributed by atoms with van der Waals surface area (Å²) in [5.74, 6) is 1.47. The van der Waals surface area contributed by atoms with E-state index in [0.29, 0.717) is 23.0 Å². The molecule has 4 nitrogen and oxygen atoms in total. The molecule has 0 atom stereocenters. The molecule has 4 aromatic rings. The third kappa shape index (κ3) is 10.2. The Hall–Kier alpha value is -3.92. The monoisotopic (exact) mass is 432 g/mol. The first-order valence-corrected chi connectivity index (χ1v) is 10.2. The Labute approximate surface area is 190 Å². The van der Waals surface area contributed by atoms with E-state index in [2.05, 4.69) is 0 Å². The van der Waals surface area contributed by atoms with Gasteiger partial charge in [-0.05, 0) is 74.2 Å². The molecule has 0 saturated carbocycles. The van der Waals surface area contributed by atoms with E-state index in [9.17, 15) is 0 Å². The number of rotatable bonds is 0. The van der Waals surface area contributed by atoms with Crippen LogP contribution in [0.1, 0.15) is 22.3 Å². The fourth-order valence-corrected chi connectivity index (χ4v) is 2.25. The Morgan fingerprint density at radius 1 is 0.312 bits per heavy atom. The maximum absolute atomic E-state index is 8.92. The van der Waals surface area contributed by atoms with Gasteiger partial charge in [0.15, 0.2) is 0 Å². The summed E-state index contributed by atoms with van der Waals surface area (Å²) in [6.45, 7) is 7.48. The minimum Gasteiger partial charge on any atom is -0.508 e. The van der Waals surface area contributed by atoms with Gasteiger partial charge in [-0.25, -0.2) is 0 Å². The molecule has 32 heavy (non-hydrogen) atoms. The Kier molecular flexibility index (Phi) is 11.5. The van der Waals surface area contributed by atoms with Crippen LogP contribution in [0.25, 0.3) is 0 Å². The first-order valence-electron chi connectivity index (χ1n) is 10.2. The molecular formula is C28H32O4. The molecule has 4 rings (SSSR count). The summed E-state index contributed by atoms with van der Waals surface area (Å²) in [4.78, 5) is 0. The highest BCUT2D eigenvalue weighted by molar-refractivity contribution is 5.31. The van der Waals surface area contributed by atoms with Crippen LogP contribution in [-0.4, -0.2) is 20.4 Å². The van der Waals surface area contributed by atoms with Crippen LogP contribution in [0.5, 0.6) is 23.0 Å². The maximum Gasteiger partial charge on any atom is 0.118 e. The first kappa shape index (κ1) is 26.1. The minimum absolute atomic E-state index is 0.368. The average molecular weight is 433 g/mol. The quantitative estimate of drug-likeness (QED) is 0.246. The molecular weight excluding hydrogens is 400 g/mol. The third-order valence-corrected chi connectivity index (χ3v) is 4.46. The van der Waals surface area contributed by atoms with Crippen molar-refractivity contribution >= 4 is 0 Å². The van der Waals surface area contributed by atoms with Crippen molar-refractivity contribution in [3.8, 4) is 23.0 Å². The van der Waals surface area contributed by atoms with Crippen LogP contribution in [0.15, 0.2) is 97.1 Å². The van der Waals surface area contributed by atoms with Crippen LogP contribution in [0.2, 0.25) is 0 Å². The Bertz CT molecular complexity index is 816. The van der Waals surface area contributed by atoms with Crippen molar-refractivity contribution < 1.29 is 20.4 Å². The zero-order chi connectivity index (χ0) is 23.9. The van der Waals surface area contributed by atoms with E-state index >= 15 is 0 Å². The van der Waals surface area contributed by atoms with E-state index in [0.717, 1.165) is 22.3 Å². The average Bonchev–Trinajstić information content (AvgIpc) is 2.78. The molecule has 0 aliphatic heterocycles. The highest BCUT2D eigenvalue weighted by Gasteiger charge is 1.89. The van der Waals surface area contributed by atoms with Gasteiger partial charge in [-0.3, -0.25) is 0 Å². The van der Waals surface area contributed by atoms with Crippen molar-refractivity contribution in [2.75, 3.05) is 0 Å². The molecule has 0 fully saturated rings. The minimum atomic E-state index is 0.368. The number of phenolic OH excluding ortho intramolecular Hbond substituents is 4. The molecule has 0 amide bonds. The van der Waals surface area contributed by atoms with Crippen molar-refractivity contribution in [3.05, 3.63) is 119 Å². The maximum atomic E-state index is 8.92. The van der Waals surface area contributed by atoms with Crippen molar-refractivity contribution in [1.82, 2.24) is 0 Å². The Morgan fingerprint density at radius 2 is 0.469 bits per heavy atom. The SMILES string of the molecule is Cc1ccccc1O.Cc1ccccc1O.Cc1ccccc1O.Cc1ccccc1O. The van der Waals surface area contributed by atoms with Crippen LogP contribution < -0.4 is 0 Å². The predicted octanol–water partition coefficient (Wildman–Crippen LogP) is 6.80. The summed E-state index contributed by atoms with van der Waals surface area (Å²) < 4.78 is 0. The van der Waals surface area contributed by atoms with Crippen LogP contribution >= 0.6 is 0 Å². The van der Waals surface area contributed by atoms with E-state index in [-0.39, 0.29) is 0 Å². The Balaban J connectivity index is 0.000000213. The lowest BCUT2D eigenvalue weighted by Gasteiger charge is -1.92. The van der Waals surface area contributed by atoms with Crippen LogP contribution in [0.4, 0.5) is 0 Å². The molecule has 0 bridgehead atoms. The summed E-state index contributed by atoms with van der Waals surface area (Å²) in [6, 6.07) is 29.0. The highest BCUT2D eigenvalue weighted by Crippen LogP contribution is 2.14. The van der Waals surface area contributed by atoms with Gasteiger partial charge < -0.3 is 20.4 Å². The second-order valence-electron chi connectivity index (χ2n) is 7.15. The molecule has 4 N–H and O–H groups in total. The lowest BCUT2D eigenvalue weighted by atomic mass is 10.2. The number of benzene rings is 4. The summed E-state index contributed by atoms with van der Waals surface area (Å²) in [6.07, 6.45) is 0. The van der Waals surface area contributed by atoms with Gasteiger partial charge in [0.05, 0.1) is 0 Å². The van der Waals surface area contributed by atoms with Gasteiger partial charge in [0.2, 0.25) is 0 Å². The largest absolute Gasteiger partial charge is 0.508 e. The lowest BCUT2D eigenvalue weighted by molar-refractivity contribution is 0.470. The molecule has 0 saturated heterocycles. The van der Waals surface area contributed by atoms with E-state index in [1.807, 2.05) is 100 Å². The van der Waals surface area contributed by atoms with E-state index in [1.165, 1.54) is 0 Å². The topological polar surface area (TPSA) is 80.9 Å². The third-order valence-electron chi connectivity index (χ3n) is 4.46. The Morgan fingerprint density at radius 3 is 0.562 bits per heavy atom. The predicted molar refractivity (Wildman–Crippen MR) is 131 cm³/mol. The van der Waals surface area contributed by atoms with E-state index in [4.69, 9.17) is 20.4 Å². The van der Waals surface area contributed by atoms with Crippen molar-refractivity contribution in [3.63, 3.8) is 0 Å². The van der Waals surface area contributed by atoms with Gasteiger partial charge >= 0.3 is 0 Å². The molecule has 0 aromatic heterocycles. The van der Waals surface area contributed by atoms with Crippen LogP contribution in [0, 0.1) is 27.7 Å². The van der Waals surface area contributed by atoms with Crippen molar-refractivity contribution in [1.29, 1.82) is 0 Å². The lowest BCUT2D eigenvalue weighted by Crippen LogP contribution is -1.68. The highest BCUT2D eigenvalue weighted by atomic mass is 16.3. The zero-order valence-electron chi connectivity index (χ0n) is 19.0. The number of aromatic hydroxyl groups is 4. The summed E-state index contributed by atoms with van der Waals surface area (Å²) in [5.41, 5.74) is 3.69. The fraction of sp³-hybridized carbons (Fsp3) is 0.143. The van der Waals surface area contributed by atoms with E-state index in [1.54, 1.807) is 24.3 Å². The second-order valence-corrected chi connectivity index (χ2v) is 7.15. The van der Waals surface area contributed by atoms with Gasteiger partial charge in [0.1, 0.15) is 23.0 Å². The molecule has 0 aliphatic rings.